The van der Waals surface area contributed by atoms with Crippen LogP contribution in [0.3, 0.4) is 0 Å². The van der Waals surface area contributed by atoms with Crippen LogP contribution in [0.1, 0.15) is 35.4 Å². The Hall–Kier alpha value is -1.92. The first-order chi connectivity index (χ1) is 13.0. The minimum atomic E-state index is 0.671. The number of benzene rings is 1. The van der Waals surface area contributed by atoms with E-state index in [9.17, 15) is 0 Å². The van der Waals surface area contributed by atoms with E-state index in [1.54, 1.807) is 0 Å². The molecule has 6 heteroatoms. The molecule has 0 unspecified atom stereocenters. The maximum Gasteiger partial charge on any atom is 0.173 e. The summed E-state index contributed by atoms with van der Waals surface area (Å²) in [5, 5.41) is 9.11. The zero-order valence-corrected chi connectivity index (χ0v) is 17.4. The van der Waals surface area contributed by atoms with Crippen LogP contribution in [0.5, 0.6) is 0 Å². The molecule has 144 valence electrons. The fourth-order valence-electron chi connectivity index (χ4n) is 4.34. The molecule has 5 nitrogen and oxygen atoms in total. The van der Waals surface area contributed by atoms with E-state index in [-0.39, 0.29) is 0 Å². The van der Waals surface area contributed by atoms with Gasteiger partial charge in [-0.15, -0.1) is 0 Å². The monoisotopic (exact) mass is 383 g/mol. The molecular formula is C21H29N5S. The van der Waals surface area contributed by atoms with Crippen molar-refractivity contribution in [1.29, 1.82) is 0 Å². The normalized spacial score (nSPS) is 20.0. The van der Waals surface area contributed by atoms with Crippen LogP contribution in [0.15, 0.2) is 24.3 Å². The van der Waals surface area contributed by atoms with E-state index in [4.69, 9.17) is 17.3 Å². The van der Waals surface area contributed by atoms with Gasteiger partial charge >= 0.3 is 0 Å². The van der Waals surface area contributed by atoms with Crippen molar-refractivity contribution >= 4 is 23.0 Å². The molecule has 4 rings (SSSR count). The highest BCUT2D eigenvalue weighted by Gasteiger charge is 2.31. The van der Waals surface area contributed by atoms with E-state index < -0.39 is 0 Å². The van der Waals surface area contributed by atoms with Gasteiger partial charge in [0.1, 0.15) is 0 Å². The van der Waals surface area contributed by atoms with E-state index >= 15 is 0 Å². The van der Waals surface area contributed by atoms with Crippen LogP contribution in [-0.4, -0.2) is 56.9 Å². The van der Waals surface area contributed by atoms with Crippen molar-refractivity contribution in [2.24, 2.45) is 0 Å². The second-order valence-electron chi connectivity index (χ2n) is 7.84. The molecule has 2 fully saturated rings. The summed E-state index contributed by atoms with van der Waals surface area (Å²) in [6.07, 6.45) is 2.62. The molecule has 1 N–H and O–H groups in total. The Morgan fingerprint density at radius 1 is 1.19 bits per heavy atom. The van der Waals surface area contributed by atoms with Gasteiger partial charge in [0.05, 0.1) is 23.6 Å². The first-order valence-corrected chi connectivity index (χ1v) is 10.3. The molecule has 2 aromatic rings. The molecule has 2 saturated heterocycles. The van der Waals surface area contributed by atoms with Gasteiger partial charge in [0.2, 0.25) is 0 Å². The van der Waals surface area contributed by atoms with E-state index in [0.29, 0.717) is 6.04 Å². The quantitative estimate of drug-likeness (QED) is 0.823. The second kappa shape index (κ2) is 7.60. The number of anilines is 1. The summed E-state index contributed by atoms with van der Waals surface area (Å²) in [4.78, 5) is 4.94. The number of hydrogen-bond donors (Lipinski definition) is 1. The number of aromatic nitrogens is 2. The lowest BCUT2D eigenvalue weighted by Gasteiger charge is -2.38. The Kier molecular flexibility index (Phi) is 5.19. The number of nitrogens with one attached hydrogen (secondary N) is 1. The average molecular weight is 384 g/mol. The molecular weight excluding hydrogens is 354 g/mol. The van der Waals surface area contributed by atoms with E-state index in [1.165, 1.54) is 30.5 Å². The summed E-state index contributed by atoms with van der Waals surface area (Å²) in [5.41, 5.74) is 5.79. The number of fused-ring (bicyclic) bond motifs is 1. The van der Waals surface area contributed by atoms with Crippen LogP contribution >= 0.6 is 12.2 Å². The van der Waals surface area contributed by atoms with Gasteiger partial charge < -0.3 is 10.2 Å². The third-order valence-electron chi connectivity index (χ3n) is 6.07. The zero-order valence-electron chi connectivity index (χ0n) is 16.5. The van der Waals surface area contributed by atoms with Gasteiger partial charge in [-0.3, -0.25) is 9.58 Å². The fraction of sp³-hybridized carbons (Fsp3) is 0.524. The van der Waals surface area contributed by atoms with Crippen molar-refractivity contribution in [3.63, 3.8) is 0 Å². The smallest absolute Gasteiger partial charge is 0.173 e. The van der Waals surface area contributed by atoms with Crippen LogP contribution in [0, 0.1) is 20.8 Å². The van der Waals surface area contributed by atoms with Crippen LogP contribution in [0.25, 0.3) is 0 Å². The highest BCUT2D eigenvalue weighted by atomic mass is 32.1. The number of hydrogen-bond acceptors (Lipinski definition) is 3. The van der Waals surface area contributed by atoms with Gasteiger partial charge in [-0.25, -0.2) is 0 Å². The highest BCUT2D eigenvalue weighted by molar-refractivity contribution is 7.80. The molecule has 0 radical (unpaired) electrons. The minimum Gasteiger partial charge on any atom is -0.346 e. The summed E-state index contributed by atoms with van der Waals surface area (Å²) in [6.45, 7) is 11.5. The second-order valence-corrected chi connectivity index (χ2v) is 8.22. The van der Waals surface area contributed by atoms with Crippen LogP contribution < -0.4 is 5.32 Å². The Bertz CT molecular complexity index is 843. The predicted molar refractivity (Wildman–Crippen MR) is 114 cm³/mol. The van der Waals surface area contributed by atoms with Crippen molar-refractivity contribution < 1.29 is 0 Å². The Labute approximate surface area is 167 Å². The third-order valence-corrected chi connectivity index (χ3v) is 6.43. The number of thiocarbonyl (C=S) groups is 1. The zero-order chi connectivity index (χ0) is 19.0. The standard InChI is InChI=1S/C21H29N5S/c1-15-7-4-5-8-18(15)13-26-17(3)20(16(2)23-26)22-21(27)25-12-11-24-10-6-9-19(24)14-25/h4-5,7-8,19H,6,9-14H2,1-3H3,(H,22,27)/t19-/m1/s1. The van der Waals surface area contributed by atoms with Gasteiger partial charge in [-0.2, -0.15) is 5.10 Å². The molecule has 2 aliphatic heterocycles. The predicted octanol–water partition coefficient (Wildman–Crippen LogP) is 3.33. The summed E-state index contributed by atoms with van der Waals surface area (Å²) in [7, 11) is 0. The molecule has 1 atom stereocenters. The topological polar surface area (TPSA) is 36.3 Å². The van der Waals surface area contributed by atoms with Gasteiger partial charge in [-0.1, -0.05) is 24.3 Å². The Balaban J connectivity index is 1.47. The fourth-order valence-corrected chi connectivity index (χ4v) is 4.61. The molecule has 2 aliphatic rings. The SMILES string of the molecule is Cc1ccccc1Cn1nc(C)c(NC(=S)N2CCN3CCC[C@@H]3C2)c1C. The number of nitrogens with zero attached hydrogens (tertiary/aromatic N) is 4. The Morgan fingerprint density at radius 2 is 2.00 bits per heavy atom. The maximum absolute atomic E-state index is 5.75. The van der Waals surface area contributed by atoms with Crippen LogP contribution in [-0.2, 0) is 6.54 Å². The lowest BCUT2D eigenvalue weighted by atomic mass is 10.1. The van der Waals surface area contributed by atoms with Gasteiger partial charge in [-0.05, 0) is 63.5 Å². The van der Waals surface area contributed by atoms with Gasteiger partial charge in [0, 0.05) is 25.7 Å². The minimum absolute atomic E-state index is 0.671. The van der Waals surface area contributed by atoms with Crippen LogP contribution in [0.2, 0.25) is 0 Å². The lowest BCUT2D eigenvalue weighted by Crippen LogP contribution is -2.53. The van der Waals surface area contributed by atoms with Gasteiger partial charge in [0.15, 0.2) is 5.11 Å². The van der Waals surface area contributed by atoms with E-state index in [1.807, 2.05) is 0 Å². The van der Waals surface area contributed by atoms with Crippen LogP contribution in [0.4, 0.5) is 5.69 Å². The molecule has 1 aromatic carbocycles. The third kappa shape index (κ3) is 3.73. The first kappa shape index (κ1) is 18.4. The highest BCUT2D eigenvalue weighted by Crippen LogP contribution is 2.24. The molecule has 0 saturated carbocycles. The Morgan fingerprint density at radius 3 is 2.81 bits per heavy atom. The summed E-state index contributed by atoms with van der Waals surface area (Å²) in [5.74, 6) is 0. The van der Waals surface area contributed by atoms with E-state index in [0.717, 1.165) is 48.4 Å². The van der Waals surface area contributed by atoms with E-state index in [2.05, 4.69) is 64.8 Å². The molecule has 0 amide bonds. The van der Waals surface area contributed by atoms with Crippen molar-refractivity contribution in [1.82, 2.24) is 19.6 Å². The molecule has 3 heterocycles. The van der Waals surface area contributed by atoms with Crippen molar-refractivity contribution in [3.8, 4) is 0 Å². The molecule has 0 bridgehead atoms. The summed E-state index contributed by atoms with van der Waals surface area (Å²) >= 11 is 5.75. The number of aryl methyl sites for hydroxylation is 2. The lowest BCUT2D eigenvalue weighted by molar-refractivity contribution is 0.153. The molecule has 0 aliphatic carbocycles. The average Bonchev–Trinajstić information content (AvgIpc) is 3.23. The van der Waals surface area contributed by atoms with Crippen molar-refractivity contribution in [2.75, 3.05) is 31.5 Å². The van der Waals surface area contributed by atoms with Crippen molar-refractivity contribution in [3.05, 3.63) is 46.8 Å². The molecule has 1 aromatic heterocycles. The largest absolute Gasteiger partial charge is 0.346 e. The molecule has 27 heavy (non-hydrogen) atoms. The maximum atomic E-state index is 5.75. The molecule has 0 spiro atoms. The van der Waals surface area contributed by atoms with Crippen molar-refractivity contribution in [2.45, 2.75) is 46.2 Å². The number of piperazine rings is 1. The number of rotatable bonds is 3. The summed E-state index contributed by atoms with van der Waals surface area (Å²) < 4.78 is 2.08. The van der Waals surface area contributed by atoms with Gasteiger partial charge in [0.25, 0.3) is 0 Å². The summed E-state index contributed by atoms with van der Waals surface area (Å²) in [6, 6.07) is 9.16. The first-order valence-electron chi connectivity index (χ1n) is 9.91.